The normalized spacial score (nSPS) is 13.5. The van der Waals surface area contributed by atoms with E-state index in [0.717, 1.165) is 0 Å². The zero-order valence-electron chi connectivity index (χ0n) is 23.2. The predicted octanol–water partition coefficient (Wildman–Crippen LogP) is 6.36. The molecule has 3 heteroatoms. The van der Waals surface area contributed by atoms with Crippen LogP contribution in [0.5, 0.6) is 0 Å². The summed E-state index contributed by atoms with van der Waals surface area (Å²) in [6.07, 6.45) is 31.4. The SMILES string of the molecule is CCCCCCCCCCCCCCCCCC[N+]1=C(N(CCCC)CCCC)CCC1.[Cl-]. The van der Waals surface area contributed by atoms with Crippen molar-refractivity contribution in [2.75, 3.05) is 26.2 Å². The second kappa shape index (κ2) is 24.9. The third-order valence-corrected chi connectivity index (χ3v) is 7.40. The zero-order chi connectivity index (χ0) is 23.1. The first-order valence-electron chi connectivity index (χ1n) is 15.2. The minimum absolute atomic E-state index is 0. The van der Waals surface area contributed by atoms with E-state index in [-0.39, 0.29) is 12.4 Å². The highest BCUT2D eigenvalue weighted by molar-refractivity contribution is 5.78. The minimum atomic E-state index is 0. The van der Waals surface area contributed by atoms with E-state index in [4.69, 9.17) is 0 Å². The first-order valence-corrected chi connectivity index (χ1v) is 15.2. The van der Waals surface area contributed by atoms with Crippen molar-refractivity contribution in [3.05, 3.63) is 0 Å². The van der Waals surface area contributed by atoms with Gasteiger partial charge in [-0.1, -0.05) is 124 Å². The van der Waals surface area contributed by atoms with E-state index in [1.54, 1.807) is 5.84 Å². The van der Waals surface area contributed by atoms with Crippen molar-refractivity contribution in [1.29, 1.82) is 0 Å². The van der Waals surface area contributed by atoms with Gasteiger partial charge in [-0.15, -0.1) is 0 Å². The number of halogens is 1. The molecule has 2 nitrogen and oxygen atoms in total. The summed E-state index contributed by atoms with van der Waals surface area (Å²) >= 11 is 0. The Kier molecular flexibility index (Phi) is 24.7. The second-order valence-electron chi connectivity index (χ2n) is 10.5. The zero-order valence-corrected chi connectivity index (χ0v) is 23.9. The van der Waals surface area contributed by atoms with E-state index < -0.39 is 0 Å². The molecule has 0 N–H and O–H groups in total. The molecule has 1 heterocycles. The number of nitrogens with zero attached hydrogens (tertiary/aromatic N) is 2. The van der Waals surface area contributed by atoms with Crippen molar-refractivity contribution in [1.82, 2.24) is 4.90 Å². The van der Waals surface area contributed by atoms with Crippen molar-refractivity contribution in [2.45, 2.75) is 162 Å². The lowest BCUT2D eigenvalue weighted by molar-refractivity contribution is -0.525. The molecule has 1 aliphatic heterocycles. The maximum Gasteiger partial charge on any atom is 0.246 e. The number of hydrogen-bond donors (Lipinski definition) is 0. The molecule has 0 aromatic rings. The van der Waals surface area contributed by atoms with Crippen LogP contribution in [0.3, 0.4) is 0 Å². The summed E-state index contributed by atoms with van der Waals surface area (Å²) in [7, 11) is 0. The Morgan fingerprint density at radius 1 is 0.545 bits per heavy atom. The van der Waals surface area contributed by atoms with Crippen molar-refractivity contribution >= 4 is 5.84 Å². The van der Waals surface area contributed by atoms with E-state index in [2.05, 4.69) is 30.2 Å². The molecule has 1 aliphatic rings. The highest BCUT2D eigenvalue weighted by Crippen LogP contribution is 2.15. The standard InChI is InChI=1S/C30H61N2.ClH/c1-4-7-10-11-12-13-14-15-16-17-18-19-20-21-22-23-28-32-29-24-25-30(32)31(26-8-5-2)27-9-6-3;/h4-29H2,1-3H3;1H/q+1;/p-1. The monoisotopic (exact) mass is 484 g/mol. The maximum absolute atomic E-state index is 2.75. The van der Waals surface area contributed by atoms with Crippen LogP contribution in [0.25, 0.3) is 0 Å². The molecule has 0 spiro atoms. The molecule has 0 fully saturated rings. The maximum atomic E-state index is 2.75. The molecule has 0 aliphatic carbocycles. The van der Waals surface area contributed by atoms with Gasteiger partial charge in [0.2, 0.25) is 5.84 Å². The van der Waals surface area contributed by atoms with Crippen LogP contribution in [0.4, 0.5) is 0 Å². The molecular weight excluding hydrogens is 424 g/mol. The van der Waals surface area contributed by atoms with Crippen molar-refractivity contribution in [3.63, 3.8) is 0 Å². The average Bonchev–Trinajstić information content (AvgIpc) is 3.27. The number of rotatable bonds is 23. The van der Waals surface area contributed by atoms with Gasteiger partial charge in [-0.25, -0.2) is 0 Å². The lowest BCUT2D eigenvalue weighted by Gasteiger charge is -2.19. The van der Waals surface area contributed by atoms with Crippen LogP contribution < -0.4 is 12.4 Å². The van der Waals surface area contributed by atoms with Gasteiger partial charge in [0.25, 0.3) is 0 Å². The summed E-state index contributed by atoms with van der Waals surface area (Å²) in [6.45, 7) is 12.1. The summed E-state index contributed by atoms with van der Waals surface area (Å²) in [6, 6.07) is 0. The topological polar surface area (TPSA) is 6.25 Å². The van der Waals surface area contributed by atoms with E-state index in [0.29, 0.717) is 0 Å². The molecule has 0 amide bonds. The Hall–Kier alpha value is -0.240. The molecule has 0 unspecified atom stereocenters. The highest BCUT2D eigenvalue weighted by Gasteiger charge is 2.26. The van der Waals surface area contributed by atoms with Gasteiger partial charge in [0.1, 0.15) is 0 Å². The van der Waals surface area contributed by atoms with Gasteiger partial charge >= 0.3 is 0 Å². The Balaban J connectivity index is 0.0000102. The molecule has 1 rings (SSSR count). The molecule has 0 aromatic heterocycles. The summed E-state index contributed by atoms with van der Waals surface area (Å²) in [4.78, 5) is 2.74. The van der Waals surface area contributed by atoms with Crippen molar-refractivity contribution in [3.8, 4) is 0 Å². The number of unbranched alkanes of at least 4 members (excludes halogenated alkanes) is 17. The van der Waals surface area contributed by atoms with Crippen LogP contribution in [0.15, 0.2) is 0 Å². The molecule has 0 saturated heterocycles. The lowest BCUT2D eigenvalue weighted by Crippen LogP contribution is -3.00. The van der Waals surface area contributed by atoms with Crippen LogP contribution >= 0.6 is 0 Å². The van der Waals surface area contributed by atoms with E-state index in [1.807, 2.05) is 0 Å². The fourth-order valence-corrected chi connectivity index (χ4v) is 5.23. The molecule has 0 bridgehead atoms. The third-order valence-electron chi connectivity index (χ3n) is 7.40. The first kappa shape index (κ1) is 32.8. The van der Waals surface area contributed by atoms with E-state index in [9.17, 15) is 0 Å². The number of amidine groups is 1. The highest BCUT2D eigenvalue weighted by atomic mass is 35.5. The number of hydrogen-bond acceptors (Lipinski definition) is 1. The third kappa shape index (κ3) is 17.8. The molecule has 0 aromatic carbocycles. The van der Waals surface area contributed by atoms with Crippen LogP contribution in [-0.4, -0.2) is 41.5 Å². The van der Waals surface area contributed by atoms with Gasteiger partial charge < -0.3 is 12.4 Å². The quantitative estimate of drug-likeness (QED) is 0.121. The minimum Gasteiger partial charge on any atom is -1.00 e. The molecular formula is C30H61ClN2. The van der Waals surface area contributed by atoms with Gasteiger partial charge in [-0.3, -0.25) is 9.48 Å². The Morgan fingerprint density at radius 2 is 0.939 bits per heavy atom. The van der Waals surface area contributed by atoms with Crippen molar-refractivity contribution < 1.29 is 17.0 Å². The summed E-state index contributed by atoms with van der Waals surface area (Å²) < 4.78 is 2.75. The molecule has 33 heavy (non-hydrogen) atoms. The fourth-order valence-electron chi connectivity index (χ4n) is 5.23. The predicted molar refractivity (Wildman–Crippen MR) is 145 cm³/mol. The van der Waals surface area contributed by atoms with Gasteiger partial charge in [0.15, 0.2) is 0 Å². The Labute approximate surface area is 215 Å². The fraction of sp³-hybridized carbons (Fsp3) is 0.967. The summed E-state index contributed by atoms with van der Waals surface area (Å²) in [5, 5.41) is 0. The summed E-state index contributed by atoms with van der Waals surface area (Å²) in [5.41, 5.74) is 0. The smallest absolute Gasteiger partial charge is 0.246 e. The Morgan fingerprint density at radius 3 is 1.36 bits per heavy atom. The lowest BCUT2D eigenvalue weighted by atomic mass is 10.0. The first-order chi connectivity index (χ1) is 15.8. The van der Waals surface area contributed by atoms with E-state index in [1.165, 1.54) is 167 Å². The van der Waals surface area contributed by atoms with Gasteiger partial charge in [-0.05, 0) is 32.1 Å². The molecule has 0 atom stereocenters. The van der Waals surface area contributed by atoms with Crippen molar-refractivity contribution in [2.24, 2.45) is 0 Å². The largest absolute Gasteiger partial charge is 1.00 e. The van der Waals surface area contributed by atoms with E-state index >= 15 is 0 Å². The van der Waals surface area contributed by atoms with Gasteiger partial charge in [0, 0.05) is 0 Å². The molecule has 0 radical (unpaired) electrons. The van der Waals surface area contributed by atoms with Gasteiger partial charge in [0.05, 0.1) is 32.6 Å². The van der Waals surface area contributed by atoms with Crippen LogP contribution in [0.1, 0.15) is 162 Å². The summed E-state index contributed by atoms with van der Waals surface area (Å²) in [5.74, 6) is 1.69. The average molecular weight is 485 g/mol. The van der Waals surface area contributed by atoms with Gasteiger partial charge in [-0.2, -0.15) is 0 Å². The van der Waals surface area contributed by atoms with Crippen LogP contribution in [0.2, 0.25) is 0 Å². The Bertz CT molecular complexity index is 427. The van der Waals surface area contributed by atoms with Crippen LogP contribution in [-0.2, 0) is 0 Å². The molecule has 198 valence electrons. The molecule has 0 saturated carbocycles. The van der Waals surface area contributed by atoms with Crippen LogP contribution in [0, 0.1) is 0 Å². The second-order valence-corrected chi connectivity index (χ2v) is 10.5.